The van der Waals surface area contributed by atoms with Crippen molar-refractivity contribution in [3.05, 3.63) is 68.5 Å². The highest BCUT2D eigenvalue weighted by Crippen LogP contribution is 2.45. The molecule has 2 bridgehead atoms. The molecule has 2 aliphatic rings. The van der Waals surface area contributed by atoms with E-state index in [4.69, 9.17) is 9.47 Å². The molecule has 3 heterocycles. The maximum atomic E-state index is 12.5. The monoisotopic (exact) mass is 371 g/mol. The van der Waals surface area contributed by atoms with Crippen molar-refractivity contribution in [3.63, 3.8) is 0 Å². The Morgan fingerprint density at radius 1 is 1.22 bits per heavy atom. The van der Waals surface area contributed by atoms with Gasteiger partial charge in [-0.05, 0) is 18.9 Å². The van der Waals surface area contributed by atoms with Crippen molar-refractivity contribution in [1.29, 1.82) is 0 Å². The third-order valence-corrected chi connectivity index (χ3v) is 5.32. The van der Waals surface area contributed by atoms with Crippen molar-refractivity contribution in [2.24, 2.45) is 0 Å². The second kappa shape index (κ2) is 6.47. The van der Waals surface area contributed by atoms with Gasteiger partial charge in [-0.15, -0.1) is 0 Å². The number of amides is 1. The van der Waals surface area contributed by atoms with Crippen LogP contribution in [0.5, 0.6) is 0 Å². The average molecular weight is 371 g/mol. The predicted molar refractivity (Wildman–Crippen MR) is 96.2 cm³/mol. The van der Waals surface area contributed by atoms with E-state index in [0.29, 0.717) is 18.6 Å². The molecule has 8 heteroatoms. The molecule has 142 valence electrons. The van der Waals surface area contributed by atoms with Gasteiger partial charge in [-0.1, -0.05) is 37.3 Å². The number of carbonyl (C=O) groups excluding carboxylic acids is 1. The Balaban J connectivity index is 1.66. The summed E-state index contributed by atoms with van der Waals surface area (Å²) in [6.07, 6.45) is 0.574. The average Bonchev–Trinajstić information content (AvgIpc) is 3.12. The number of aromatic nitrogens is 2. The van der Waals surface area contributed by atoms with Crippen LogP contribution in [-0.4, -0.2) is 33.2 Å². The summed E-state index contributed by atoms with van der Waals surface area (Å²) in [6, 6.07) is 9.12. The van der Waals surface area contributed by atoms with Crippen molar-refractivity contribution in [2.75, 3.05) is 0 Å². The summed E-state index contributed by atoms with van der Waals surface area (Å²) in [4.78, 5) is 38.8. The SMILES string of the molecule is CC[C@]12O[C@@H](n3cc(C)c(=O)[nH]c3=O)[C@@H](NC1=O)C2OCc1ccccc1. The van der Waals surface area contributed by atoms with Gasteiger partial charge in [0, 0.05) is 11.8 Å². The number of hydrogen-bond donors (Lipinski definition) is 2. The van der Waals surface area contributed by atoms with Gasteiger partial charge >= 0.3 is 5.69 Å². The largest absolute Gasteiger partial charge is 0.368 e. The number of nitrogens with zero attached hydrogens (tertiary/aromatic N) is 1. The van der Waals surface area contributed by atoms with Crippen LogP contribution in [0.25, 0.3) is 0 Å². The number of nitrogens with one attached hydrogen (secondary N) is 2. The molecule has 4 rings (SSSR count). The van der Waals surface area contributed by atoms with E-state index >= 15 is 0 Å². The van der Waals surface area contributed by atoms with Gasteiger partial charge in [0.15, 0.2) is 11.8 Å². The van der Waals surface area contributed by atoms with E-state index in [2.05, 4.69) is 10.3 Å². The lowest BCUT2D eigenvalue weighted by atomic mass is 9.95. The zero-order chi connectivity index (χ0) is 19.2. The van der Waals surface area contributed by atoms with Crippen LogP contribution in [0.1, 0.15) is 30.7 Å². The highest BCUT2D eigenvalue weighted by atomic mass is 16.6. The Hall–Kier alpha value is -2.71. The number of rotatable bonds is 5. The van der Waals surface area contributed by atoms with Gasteiger partial charge in [-0.25, -0.2) is 4.79 Å². The molecule has 27 heavy (non-hydrogen) atoms. The van der Waals surface area contributed by atoms with Crippen LogP contribution in [0, 0.1) is 6.92 Å². The summed E-state index contributed by atoms with van der Waals surface area (Å²) in [5.41, 5.74) is -0.806. The number of fused-ring (bicyclic) bond motifs is 2. The third-order valence-electron chi connectivity index (χ3n) is 5.32. The number of ether oxygens (including phenoxy) is 2. The van der Waals surface area contributed by atoms with Crippen LogP contribution in [0.3, 0.4) is 0 Å². The lowest BCUT2D eigenvalue weighted by Crippen LogP contribution is -2.50. The first kappa shape index (κ1) is 17.7. The molecule has 2 aliphatic heterocycles. The number of carbonyl (C=O) groups is 1. The normalized spacial score (nSPS) is 29.1. The van der Waals surface area contributed by atoms with Gasteiger partial charge in [0.05, 0.1) is 6.61 Å². The van der Waals surface area contributed by atoms with Crippen LogP contribution in [-0.2, 0) is 20.9 Å². The Morgan fingerprint density at radius 3 is 2.67 bits per heavy atom. The van der Waals surface area contributed by atoms with Crippen LogP contribution in [0.2, 0.25) is 0 Å². The molecular weight excluding hydrogens is 350 g/mol. The molecule has 0 aliphatic carbocycles. The molecule has 4 atom stereocenters. The van der Waals surface area contributed by atoms with Crippen LogP contribution in [0.4, 0.5) is 0 Å². The van der Waals surface area contributed by atoms with Crippen molar-refractivity contribution >= 4 is 5.91 Å². The Kier molecular flexibility index (Phi) is 4.24. The van der Waals surface area contributed by atoms with Crippen LogP contribution in [0.15, 0.2) is 46.1 Å². The highest BCUT2D eigenvalue weighted by Gasteiger charge is 2.66. The smallest absolute Gasteiger partial charge is 0.330 e. The fourth-order valence-electron chi connectivity index (χ4n) is 3.85. The summed E-state index contributed by atoms with van der Waals surface area (Å²) in [5, 5.41) is 2.90. The Labute approximate surface area is 155 Å². The van der Waals surface area contributed by atoms with Gasteiger partial charge in [0.2, 0.25) is 0 Å². The number of morpholine rings is 1. The molecule has 0 radical (unpaired) electrons. The minimum Gasteiger partial charge on any atom is -0.368 e. The molecule has 0 saturated carbocycles. The quantitative estimate of drug-likeness (QED) is 0.802. The number of benzene rings is 1. The minimum absolute atomic E-state index is 0.237. The maximum absolute atomic E-state index is 12.5. The Bertz CT molecular complexity index is 983. The molecule has 2 saturated heterocycles. The predicted octanol–water partition coefficient (Wildman–Crippen LogP) is 0.606. The van der Waals surface area contributed by atoms with E-state index in [-0.39, 0.29) is 5.91 Å². The molecule has 1 aromatic heterocycles. The molecule has 8 nitrogen and oxygen atoms in total. The molecule has 1 amide bonds. The van der Waals surface area contributed by atoms with Gasteiger partial charge < -0.3 is 14.8 Å². The zero-order valence-electron chi connectivity index (χ0n) is 15.1. The van der Waals surface area contributed by atoms with E-state index < -0.39 is 35.2 Å². The molecular formula is C19H21N3O5. The molecule has 2 aromatic rings. The van der Waals surface area contributed by atoms with Gasteiger partial charge in [-0.2, -0.15) is 0 Å². The fraction of sp³-hybridized carbons (Fsp3) is 0.421. The van der Waals surface area contributed by atoms with Crippen LogP contribution < -0.4 is 16.6 Å². The zero-order valence-corrected chi connectivity index (χ0v) is 15.1. The van der Waals surface area contributed by atoms with Gasteiger partial charge in [-0.3, -0.25) is 19.1 Å². The van der Waals surface area contributed by atoms with E-state index in [0.717, 1.165) is 5.56 Å². The Morgan fingerprint density at radius 2 is 1.96 bits per heavy atom. The molecule has 0 spiro atoms. The fourth-order valence-corrected chi connectivity index (χ4v) is 3.85. The summed E-state index contributed by atoms with van der Waals surface area (Å²) < 4.78 is 13.5. The lowest BCUT2D eigenvalue weighted by Gasteiger charge is -2.30. The second-order valence-electron chi connectivity index (χ2n) is 6.95. The lowest BCUT2D eigenvalue weighted by molar-refractivity contribution is -0.165. The summed E-state index contributed by atoms with van der Waals surface area (Å²) in [5.74, 6) is -0.237. The number of H-pyrrole nitrogens is 1. The van der Waals surface area contributed by atoms with Gasteiger partial charge in [0.25, 0.3) is 11.5 Å². The van der Waals surface area contributed by atoms with Crippen molar-refractivity contribution < 1.29 is 14.3 Å². The van der Waals surface area contributed by atoms with Crippen molar-refractivity contribution in [3.8, 4) is 0 Å². The van der Waals surface area contributed by atoms with Crippen LogP contribution >= 0.6 is 0 Å². The molecule has 1 unspecified atom stereocenters. The summed E-state index contributed by atoms with van der Waals surface area (Å²) >= 11 is 0. The first-order valence-electron chi connectivity index (χ1n) is 8.92. The standard InChI is InChI=1S/C19H21N3O5/c1-3-19-14(26-10-12-7-5-4-6-8-12)13(20-17(19)24)16(27-19)22-9-11(2)15(23)21-18(22)25/h4-9,13-14,16H,3,10H2,1-2H3,(H,20,24)(H,21,23,25)/t13-,14?,16+,19+/m0/s1. The second-order valence-corrected chi connectivity index (χ2v) is 6.95. The number of aryl methyl sites for hydroxylation is 1. The van der Waals surface area contributed by atoms with Crippen molar-refractivity contribution in [2.45, 2.75) is 50.8 Å². The van der Waals surface area contributed by atoms with E-state index in [1.807, 2.05) is 37.3 Å². The number of hydrogen-bond acceptors (Lipinski definition) is 5. The first-order chi connectivity index (χ1) is 13.0. The maximum Gasteiger partial charge on any atom is 0.330 e. The van der Waals surface area contributed by atoms with E-state index in [9.17, 15) is 14.4 Å². The topological polar surface area (TPSA) is 102 Å². The minimum atomic E-state index is -1.16. The summed E-state index contributed by atoms with van der Waals surface area (Å²) in [6.45, 7) is 3.79. The van der Waals surface area contributed by atoms with Gasteiger partial charge in [0.1, 0.15) is 12.1 Å². The van der Waals surface area contributed by atoms with E-state index in [1.54, 1.807) is 6.92 Å². The molecule has 2 fully saturated rings. The van der Waals surface area contributed by atoms with Crippen molar-refractivity contribution in [1.82, 2.24) is 14.9 Å². The number of aromatic amines is 1. The molecule has 2 N–H and O–H groups in total. The summed E-state index contributed by atoms with van der Waals surface area (Å²) in [7, 11) is 0. The van der Waals surface area contributed by atoms with E-state index in [1.165, 1.54) is 10.8 Å². The molecule has 1 aromatic carbocycles. The third kappa shape index (κ3) is 2.72. The highest BCUT2D eigenvalue weighted by molar-refractivity contribution is 5.90. The first-order valence-corrected chi connectivity index (χ1v) is 8.92.